The van der Waals surface area contributed by atoms with Crippen LogP contribution in [-0.2, 0) is 4.79 Å². The zero-order valence-corrected chi connectivity index (χ0v) is 16.4. The predicted octanol–water partition coefficient (Wildman–Crippen LogP) is 4.32. The number of hydrazone groups is 1. The smallest absolute Gasteiger partial charge is 0.277 e. The van der Waals surface area contributed by atoms with Gasteiger partial charge in [0.05, 0.1) is 18.3 Å². The molecular formula is C20H17Cl2N3O3. The summed E-state index contributed by atoms with van der Waals surface area (Å²) in [6.45, 7) is -0.217. The lowest BCUT2D eigenvalue weighted by Crippen LogP contribution is -2.24. The van der Waals surface area contributed by atoms with Gasteiger partial charge in [-0.1, -0.05) is 23.2 Å². The molecule has 0 aliphatic heterocycles. The van der Waals surface area contributed by atoms with E-state index in [9.17, 15) is 4.79 Å². The van der Waals surface area contributed by atoms with Crippen molar-refractivity contribution in [1.29, 1.82) is 0 Å². The summed E-state index contributed by atoms with van der Waals surface area (Å²) in [4.78, 5) is 11.8. The Morgan fingerprint density at radius 3 is 2.68 bits per heavy atom. The van der Waals surface area contributed by atoms with Crippen molar-refractivity contribution in [1.82, 2.24) is 9.99 Å². The van der Waals surface area contributed by atoms with E-state index in [-0.39, 0.29) is 6.61 Å². The van der Waals surface area contributed by atoms with Gasteiger partial charge < -0.3 is 14.0 Å². The van der Waals surface area contributed by atoms with Crippen molar-refractivity contribution >= 4 is 35.3 Å². The van der Waals surface area contributed by atoms with Gasteiger partial charge in [0.25, 0.3) is 5.91 Å². The second-order valence-corrected chi connectivity index (χ2v) is 6.55. The highest BCUT2D eigenvalue weighted by atomic mass is 35.5. The number of ether oxygens (including phenoxy) is 2. The largest absolute Gasteiger partial charge is 0.497 e. The van der Waals surface area contributed by atoms with Crippen molar-refractivity contribution < 1.29 is 14.3 Å². The van der Waals surface area contributed by atoms with Crippen LogP contribution in [0.2, 0.25) is 10.0 Å². The maximum absolute atomic E-state index is 11.8. The molecule has 0 aliphatic carbocycles. The summed E-state index contributed by atoms with van der Waals surface area (Å²) in [5.41, 5.74) is 4.22. The Morgan fingerprint density at radius 1 is 1.18 bits per heavy atom. The SMILES string of the molecule is COc1ccc(-n2ccc(/C=N/NC(=O)COc3ccc(Cl)cc3Cl)c2)cc1. The molecule has 3 aromatic rings. The van der Waals surface area contributed by atoms with Gasteiger partial charge in [-0.05, 0) is 48.5 Å². The molecule has 3 rings (SSSR count). The number of aromatic nitrogens is 1. The molecule has 0 unspecified atom stereocenters. The zero-order chi connectivity index (χ0) is 19.9. The maximum Gasteiger partial charge on any atom is 0.277 e. The summed E-state index contributed by atoms with van der Waals surface area (Å²) in [5.74, 6) is 0.765. The Hall–Kier alpha value is -2.96. The van der Waals surface area contributed by atoms with E-state index in [0.29, 0.717) is 15.8 Å². The van der Waals surface area contributed by atoms with Crippen LogP contribution in [0.5, 0.6) is 11.5 Å². The molecule has 144 valence electrons. The number of amides is 1. The van der Waals surface area contributed by atoms with Crippen molar-refractivity contribution in [2.45, 2.75) is 0 Å². The van der Waals surface area contributed by atoms with Gasteiger partial charge in [-0.2, -0.15) is 5.10 Å². The summed E-state index contributed by atoms with van der Waals surface area (Å²) in [7, 11) is 1.63. The number of nitrogens with one attached hydrogen (secondary N) is 1. The van der Waals surface area contributed by atoms with E-state index < -0.39 is 5.91 Å². The molecule has 1 aromatic heterocycles. The monoisotopic (exact) mass is 417 g/mol. The lowest BCUT2D eigenvalue weighted by Gasteiger charge is -2.06. The van der Waals surface area contributed by atoms with E-state index in [4.69, 9.17) is 32.7 Å². The summed E-state index contributed by atoms with van der Waals surface area (Å²) in [6, 6.07) is 14.3. The topological polar surface area (TPSA) is 64.8 Å². The average Bonchev–Trinajstić information content (AvgIpc) is 3.16. The lowest BCUT2D eigenvalue weighted by molar-refractivity contribution is -0.123. The molecule has 0 spiro atoms. The summed E-state index contributed by atoms with van der Waals surface area (Å²) < 4.78 is 12.4. The average molecular weight is 418 g/mol. The van der Waals surface area contributed by atoms with Crippen LogP contribution in [0.3, 0.4) is 0 Å². The van der Waals surface area contributed by atoms with Crippen LogP contribution >= 0.6 is 23.2 Å². The van der Waals surface area contributed by atoms with Crippen LogP contribution in [-0.4, -0.2) is 30.4 Å². The van der Waals surface area contributed by atoms with Crippen LogP contribution in [0.1, 0.15) is 5.56 Å². The van der Waals surface area contributed by atoms with E-state index in [1.54, 1.807) is 31.5 Å². The fourth-order valence-corrected chi connectivity index (χ4v) is 2.81. The molecular weight excluding hydrogens is 401 g/mol. The molecule has 1 amide bonds. The van der Waals surface area contributed by atoms with Gasteiger partial charge in [0.15, 0.2) is 6.61 Å². The molecule has 28 heavy (non-hydrogen) atoms. The van der Waals surface area contributed by atoms with Crippen LogP contribution in [0.15, 0.2) is 66.0 Å². The Morgan fingerprint density at radius 2 is 1.96 bits per heavy atom. The van der Waals surface area contributed by atoms with Crippen molar-refractivity contribution in [2.75, 3.05) is 13.7 Å². The number of hydrogen-bond acceptors (Lipinski definition) is 4. The van der Waals surface area contributed by atoms with Gasteiger partial charge in [0, 0.05) is 28.7 Å². The van der Waals surface area contributed by atoms with Gasteiger partial charge in [0.1, 0.15) is 11.5 Å². The van der Waals surface area contributed by atoms with Crippen molar-refractivity contribution in [2.24, 2.45) is 5.10 Å². The summed E-state index contributed by atoms with van der Waals surface area (Å²) >= 11 is 11.8. The Labute approximate surface area is 172 Å². The van der Waals surface area contributed by atoms with E-state index in [1.165, 1.54) is 0 Å². The van der Waals surface area contributed by atoms with Gasteiger partial charge in [-0.3, -0.25) is 4.79 Å². The van der Waals surface area contributed by atoms with Gasteiger partial charge in [0.2, 0.25) is 0 Å². The number of carbonyl (C=O) groups is 1. The fourth-order valence-electron chi connectivity index (χ4n) is 2.35. The van der Waals surface area contributed by atoms with E-state index >= 15 is 0 Å². The molecule has 0 saturated heterocycles. The quantitative estimate of drug-likeness (QED) is 0.459. The second-order valence-electron chi connectivity index (χ2n) is 5.71. The molecule has 1 heterocycles. The third-order valence-electron chi connectivity index (χ3n) is 3.74. The number of benzene rings is 2. The highest BCUT2D eigenvalue weighted by Gasteiger charge is 2.06. The third-order valence-corrected chi connectivity index (χ3v) is 4.27. The minimum Gasteiger partial charge on any atom is -0.497 e. The van der Waals surface area contributed by atoms with Crippen molar-refractivity contribution in [3.05, 3.63) is 76.5 Å². The standard InChI is InChI=1S/C20H17Cl2N3O3/c1-27-17-5-3-16(4-6-17)25-9-8-14(12-25)11-23-24-20(26)13-28-19-7-2-15(21)10-18(19)22/h2-12H,13H2,1H3,(H,24,26)/b23-11+. The Bertz CT molecular complexity index is 985. The van der Waals surface area contributed by atoms with Gasteiger partial charge in [-0.25, -0.2) is 5.43 Å². The molecule has 1 N–H and O–H groups in total. The molecule has 0 atom stereocenters. The first kappa shape index (κ1) is 19.8. The number of rotatable bonds is 7. The first-order valence-electron chi connectivity index (χ1n) is 8.27. The first-order chi connectivity index (χ1) is 13.5. The Balaban J connectivity index is 1.51. The summed E-state index contributed by atoms with van der Waals surface area (Å²) in [6.07, 6.45) is 5.34. The van der Waals surface area contributed by atoms with E-state index in [1.807, 2.05) is 47.3 Å². The second kappa shape index (κ2) is 9.30. The third kappa shape index (κ3) is 5.28. The van der Waals surface area contributed by atoms with E-state index in [0.717, 1.165) is 17.0 Å². The summed E-state index contributed by atoms with van der Waals surface area (Å²) in [5, 5.41) is 4.76. The molecule has 0 fully saturated rings. The van der Waals surface area contributed by atoms with Gasteiger partial charge >= 0.3 is 0 Å². The lowest BCUT2D eigenvalue weighted by atomic mass is 10.3. The van der Waals surface area contributed by atoms with Crippen LogP contribution in [0.4, 0.5) is 0 Å². The minimum atomic E-state index is -0.406. The van der Waals surface area contributed by atoms with Crippen molar-refractivity contribution in [3.63, 3.8) is 0 Å². The van der Waals surface area contributed by atoms with Crippen LogP contribution in [0, 0.1) is 0 Å². The van der Waals surface area contributed by atoms with Crippen LogP contribution in [0.25, 0.3) is 5.69 Å². The first-order valence-corrected chi connectivity index (χ1v) is 9.03. The van der Waals surface area contributed by atoms with E-state index in [2.05, 4.69) is 10.5 Å². The highest BCUT2D eigenvalue weighted by molar-refractivity contribution is 6.35. The number of carbonyl (C=O) groups excluding carboxylic acids is 1. The molecule has 0 bridgehead atoms. The number of halogens is 2. The molecule has 8 heteroatoms. The maximum atomic E-state index is 11.8. The molecule has 0 aliphatic rings. The van der Waals surface area contributed by atoms with Crippen LogP contribution < -0.4 is 14.9 Å². The molecule has 2 aromatic carbocycles. The normalized spacial score (nSPS) is 10.8. The predicted molar refractivity (Wildman–Crippen MR) is 110 cm³/mol. The molecule has 0 saturated carbocycles. The highest BCUT2D eigenvalue weighted by Crippen LogP contribution is 2.27. The number of methoxy groups -OCH3 is 1. The number of nitrogens with zero attached hydrogens (tertiary/aromatic N) is 2. The molecule has 6 nitrogen and oxygen atoms in total. The zero-order valence-electron chi connectivity index (χ0n) is 14.9. The fraction of sp³-hybridized carbons (Fsp3) is 0.100. The molecule has 0 radical (unpaired) electrons. The Kier molecular flexibility index (Phi) is 6.57. The van der Waals surface area contributed by atoms with Crippen molar-refractivity contribution in [3.8, 4) is 17.2 Å². The minimum absolute atomic E-state index is 0.217. The number of hydrogen-bond donors (Lipinski definition) is 1. The van der Waals surface area contributed by atoms with Gasteiger partial charge in [-0.15, -0.1) is 0 Å².